The van der Waals surface area contributed by atoms with E-state index in [1.807, 2.05) is 18.2 Å². The maximum atomic E-state index is 9.63. The molecule has 2 heteroatoms. The Balaban J connectivity index is 2.36. The summed E-state index contributed by atoms with van der Waals surface area (Å²) in [7, 11) is 0. The summed E-state index contributed by atoms with van der Waals surface area (Å²) in [5.41, 5.74) is 0.992. The molecule has 0 amide bonds. The lowest BCUT2D eigenvalue weighted by molar-refractivity contribution is 0.139. The van der Waals surface area contributed by atoms with Gasteiger partial charge in [0.2, 0.25) is 0 Å². The van der Waals surface area contributed by atoms with Crippen LogP contribution in [0.3, 0.4) is 0 Å². The predicted octanol–water partition coefficient (Wildman–Crippen LogP) is 2.36. The molecule has 1 heterocycles. The number of aliphatic hydroxyl groups excluding tert-OH is 1. The second-order valence-corrected chi connectivity index (χ2v) is 4.82. The molecule has 0 radical (unpaired) electrons. The maximum absolute atomic E-state index is 9.63. The van der Waals surface area contributed by atoms with E-state index in [9.17, 15) is 5.11 Å². The molecule has 1 aromatic rings. The van der Waals surface area contributed by atoms with Gasteiger partial charge < -0.3 is 9.84 Å². The van der Waals surface area contributed by atoms with E-state index in [0.29, 0.717) is 12.5 Å². The monoisotopic (exact) mass is 206 g/mol. The Morgan fingerprint density at radius 2 is 2.13 bits per heavy atom. The Kier molecular flexibility index (Phi) is 2.70. The van der Waals surface area contributed by atoms with Gasteiger partial charge in [0.1, 0.15) is 12.4 Å². The van der Waals surface area contributed by atoms with Crippen molar-refractivity contribution >= 4 is 0 Å². The minimum absolute atomic E-state index is 0.169. The molecular formula is C13H18O2. The van der Waals surface area contributed by atoms with Gasteiger partial charge in [-0.15, -0.1) is 0 Å². The lowest BCUT2D eigenvalue weighted by Crippen LogP contribution is -2.34. The van der Waals surface area contributed by atoms with E-state index in [1.54, 1.807) is 0 Å². The molecule has 1 aliphatic rings. The van der Waals surface area contributed by atoms with Gasteiger partial charge >= 0.3 is 0 Å². The lowest BCUT2D eigenvalue weighted by atomic mass is 9.77. The molecule has 15 heavy (non-hydrogen) atoms. The van der Waals surface area contributed by atoms with Crippen LogP contribution in [0.2, 0.25) is 0 Å². The van der Waals surface area contributed by atoms with E-state index in [0.717, 1.165) is 12.2 Å². The van der Waals surface area contributed by atoms with Crippen LogP contribution >= 0.6 is 0 Å². The third kappa shape index (κ3) is 1.74. The minimum atomic E-state index is -0.176. The number of benzene rings is 1. The summed E-state index contributed by atoms with van der Waals surface area (Å²) in [5, 5.41) is 9.63. The topological polar surface area (TPSA) is 29.5 Å². The Morgan fingerprint density at radius 3 is 2.80 bits per heavy atom. The minimum Gasteiger partial charge on any atom is -0.492 e. The highest BCUT2D eigenvalue weighted by Crippen LogP contribution is 2.42. The fourth-order valence-corrected chi connectivity index (χ4v) is 2.47. The van der Waals surface area contributed by atoms with Crippen LogP contribution in [0, 0.1) is 5.92 Å². The molecular weight excluding hydrogens is 188 g/mol. The van der Waals surface area contributed by atoms with Crippen LogP contribution in [0.25, 0.3) is 0 Å². The summed E-state index contributed by atoms with van der Waals surface area (Å²) in [6.45, 7) is 5.14. The van der Waals surface area contributed by atoms with Crippen LogP contribution in [-0.4, -0.2) is 18.3 Å². The van der Waals surface area contributed by atoms with E-state index < -0.39 is 0 Å². The molecule has 0 saturated heterocycles. The number of fused-ring (bicyclic) bond motifs is 1. The first-order valence-corrected chi connectivity index (χ1v) is 5.51. The molecule has 0 saturated carbocycles. The quantitative estimate of drug-likeness (QED) is 0.822. The van der Waals surface area contributed by atoms with Gasteiger partial charge in [0.15, 0.2) is 0 Å². The summed E-state index contributed by atoms with van der Waals surface area (Å²) in [5.74, 6) is 1.50. The number of rotatable bonds is 3. The average molecular weight is 206 g/mol. The van der Waals surface area contributed by atoms with Crippen LogP contribution < -0.4 is 4.74 Å². The highest BCUT2D eigenvalue weighted by atomic mass is 16.5. The molecule has 1 N–H and O–H groups in total. The van der Waals surface area contributed by atoms with Gasteiger partial charge in [-0.25, -0.2) is 0 Å². The lowest BCUT2D eigenvalue weighted by Gasteiger charge is -2.27. The number of aliphatic hydroxyl groups is 1. The van der Waals surface area contributed by atoms with Crippen LogP contribution in [0.5, 0.6) is 5.75 Å². The van der Waals surface area contributed by atoms with Crippen molar-refractivity contribution < 1.29 is 9.84 Å². The molecule has 82 valence electrons. The smallest absolute Gasteiger partial charge is 0.123 e. The molecule has 0 spiro atoms. The molecule has 0 bridgehead atoms. The Bertz CT molecular complexity index is 346. The molecule has 0 aromatic heterocycles. The summed E-state index contributed by atoms with van der Waals surface area (Å²) in [6.07, 6.45) is 0.973. The molecule has 2 nitrogen and oxygen atoms in total. The van der Waals surface area contributed by atoms with Crippen molar-refractivity contribution in [2.45, 2.75) is 25.7 Å². The summed E-state index contributed by atoms with van der Waals surface area (Å²) in [6, 6.07) is 8.04. The first-order valence-electron chi connectivity index (χ1n) is 5.51. The summed E-state index contributed by atoms with van der Waals surface area (Å²) in [4.78, 5) is 0. The van der Waals surface area contributed by atoms with Gasteiger partial charge in [-0.3, -0.25) is 0 Å². The standard InChI is InChI=1S/C13H18O2/c1-10(2)7-13(8-14)9-15-12-6-4-3-5-11(12)13/h3-6,10,14H,7-9H2,1-2H3/t13-/m0/s1. The molecule has 0 unspecified atom stereocenters. The fourth-order valence-electron chi connectivity index (χ4n) is 2.47. The van der Waals surface area contributed by atoms with E-state index in [2.05, 4.69) is 19.9 Å². The molecule has 0 fully saturated rings. The first-order chi connectivity index (χ1) is 7.18. The maximum Gasteiger partial charge on any atom is 0.123 e. The molecule has 1 aliphatic heterocycles. The zero-order valence-corrected chi connectivity index (χ0v) is 9.36. The van der Waals surface area contributed by atoms with Crippen molar-refractivity contribution in [1.82, 2.24) is 0 Å². The number of para-hydroxylation sites is 1. The normalized spacial score (nSPS) is 24.0. The Labute approximate surface area is 90.9 Å². The number of ether oxygens (including phenoxy) is 1. The van der Waals surface area contributed by atoms with Crippen LogP contribution in [-0.2, 0) is 5.41 Å². The van der Waals surface area contributed by atoms with Gasteiger partial charge in [0, 0.05) is 5.56 Å². The molecule has 2 rings (SSSR count). The van der Waals surface area contributed by atoms with Crippen molar-refractivity contribution in [3.8, 4) is 5.75 Å². The van der Waals surface area contributed by atoms with Crippen molar-refractivity contribution in [3.05, 3.63) is 29.8 Å². The summed E-state index contributed by atoms with van der Waals surface area (Å²) < 4.78 is 5.65. The molecule has 1 aromatic carbocycles. The van der Waals surface area contributed by atoms with Crippen molar-refractivity contribution in [3.63, 3.8) is 0 Å². The highest BCUT2D eigenvalue weighted by Gasteiger charge is 2.40. The molecule has 0 aliphatic carbocycles. The fraction of sp³-hybridized carbons (Fsp3) is 0.538. The summed E-state index contributed by atoms with van der Waals surface area (Å²) >= 11 is 0. The first kappa shape index (κ1) is 10.5. The highest BCUT2D eigenvalue weighted by molar-refractivity contribution is 5.43. The largest absolute Gasteiger partial charge is 0.492 e. The number of hydrogen-bond donors (Lipinski definition) is 1. The van der Waals surface area contributed by atoms with E-state index in [1.165, 1.54) is 5.56 Å². The van der Waals surface area contributed by atoms with Gasteiger partial charge in [0.25, 0.3) is 0 Å². The van der Waals surface area contributed by atoms with Gasteiger partial charge in [0.05, 0.1) is 12.0 Å². The molecule has 1 atom stereocenters. The number of hydrogen-bond acceptors (Lipinski definition) is 2. The second-order valence-electron chi connectivity index (χ2n) is 4.82. The Hall–Kier alpha value is -1.02. The predicted molar refractivity (Wildman–Crippen MR) is 60.2 cm³/mol. The van der Waals surface area contributed by atoms with Crippen molar-refractivity contribution in [2.75, 3.05) is 13.2 Å². The third-order valence-electron chi connectivity index (χ3n) is 3.06. The van der Waals surface area contributed by atoms with E-state index in [-0.39, 0.29) is 12.0 Å². The SMILES string of the molecule is CC(C)C[C@]1(CO)COc2ccccc21. The van der Waals surface area contributed by atoms with E-state index in [4.69, 9.17) is 4.74 Å². The van der Waals surface area contributed by atoms with Crippen LogP contribution in [0.15, 0.2) is 24.3 Å². The van der Waals surface area contributed by atoms with Gasteiger partial charge in [-0.05, 0) is 18.4 Å². The third-order valence-corrected chi connectivity index (χ3v) is 3.06. The second kappa shape index (κ2) is 3.86. The van der Waals surface area contributed by atoms with E-state index >= 15 is 0 Å². The van der Waals surface area contributed by atoms with Gasteiger partial charge in [-0.1, -0.05) is 32.0 Å². The van der Waals surface area contributed by atoms with Crippen LogP contribution in [0.1, 0.15) is 25.8 Å². The van der Waals surface area contributed by atoms with Crippen molar-refractivity contribution in [1.29, 1.82) is 0 Å². The van der Waals surface area contributed by atoms with Gasteiger partial charge in [-0.2, -0.15) is 0 Å². The van der Waals surface area contributed by atoms with Crippen molar-refractivity contribution in [2.24, 2.45) is 5.92 Å². The Morgan fingerprint density at radius 1 is 1.40 bits per heavy atom. The average Bonchev–Trinajstić information content (AvgIpc) is 2.58. The zero-order chi connectivity index (χ0) is 10.9. The zero-order valence-electron chi connectivity index (χ0n) is 9.36. The van der Waals surface area contributed by atoms with Crippen LogP contribution in [0.4, 0.5) is 0 Å².